The van der Waals surface area contributed by atoms with E-state index in [4.69, 9.17) is 5.26 Å². The topological polar surface area (TPSA) is 82.0 Å². The van der Waals surface area contributed by atoms with Crippen molar-refractivity contribution in [3.8, 4) is 6.07 Å². The fourth-order valence-corrected chi connectivity index (χ4v) is 1.65. The molecule has 0 heterocycles. The molecule has 0 aromatic heterocycles. The first kappa shape index (κ1) is 15.7. The van der Waals surface area contributed by atoms with E-state index in [1.165, 1.54) is 0 Å². The molecular formula is C15H19N3O2. The van der Waals surface area contributed by atoms with E-state index in [1.807, 2.05) is 31.2 Å². The molecule has 0 fully saturated rings. The number of unbranched alkanes of at least 4 members (excludes halogenated alkanes) is 1. The highest BCUT2D eigenvalue weighted by molar-refractivity contribution is 5.90. The summed E-state index contributed by atoms with van der Waals surface area (Å²) in [7, 11) is 0. The maximum atomic E-state index is 11.6. The van der Waals surface area contributed by atoms with Crippen molar-refractivity contribution >= 4 is 17.5 Å². The van der Waals surface area contributed by atoms with E-state index in [-0.39, 0.29) is 18.2 Å². The lowest BCUT2D eigenvalue weighted by molar-refractivity contribution is -0.120. The van der Waals surface area contributed by atoms with Gasteiger partial charge in [-0.3, -0.25) is 9.59 Å². The molecule has 2 N–H and O–H groups in total. The van der Waals surface area contributed by atoms with Gasteiger partial charge in [-0.2, -0.15) is 5.26 Å². The van der Waals surface area contributed by atoms with Crippen LogP contribution in [0.15, 0.2) is 24.3 Å². The third kappa shape index (κ3) is 6.01. The molecule has 5 heteroatoms. The van der Waals surface area contributed by atoms with Crippen LogP contribution in [0.1, 0.15) is 38.2 Å². The summed E-state index contributed by atoms with van der Waals surface area (Å²) < 4.78 is 0. The van der Waals surface area contributed by atoms with Crippen molar-refractivity contribution in [2.45, 2.75) is 39.2 Å². The second kappa shape index (κ2) is 8.70. The molecule has 0 aliphatic rings. The number of nitrogens with zero attached hydrogens (tertiary/aromatic N) is 1. The highest BCUT2D eigenvalue weighted by Crippen LogP contribution is 2.11. The zero-order valence-corrected chi connectivity index (χ0v) is 11.6. The van der Waals surface area contributed by atoms with Crippen molar-refractivity contribution in [3.05, 3.63) is 29.8 Å². The highest BCUT2D eigenvalue weighted by Gasteiger charge is 2.03. The molecule has 0 radical (unpaired) electrons. The summed E-state index contributed by atoms with van der Waals surface area (Å²) in [4.78, 5) is 22.8. The monoisotopic (exact) mass is 273 g/mol. The quantitative estimate of drug-likeness (QED) is 0.800. The number of anilines is 1. The molecule has 0 aliphatic carbocycles. The molecule has 5 nitrogen and oxygen atoms in total. The van der Waals surface area contributed by atoms with Crippen molar-refractivity contribution < 1.29 is 9.59 Å². The lowest BCUT2D eigenvalue weighted by Crippen LogP contribution is -2.21. The Kier molecular flexibility index (Phi) is 6.83. The molecule has 0 spiro atoms. The minimum atomic E-state index is -0.301. The van der Waals surface area contributed by atoms with E-state index >= 15 is 0 Å². The molecule has 0 atom stereocenters. The summed E-state index contributed by atoms with van der Waals surface area (Å²) in [5.74, 6) is -0.303. The number of hydrogen-bond donors (Lipinski definition) is 2. The Labute approximate surface area is 119 Å². The van der Waals surface area contributed by atoms with Crippen LogP contribution in [0.25, 0.3) is 0 Å². The van der Waals surface area contributed by atoms with Crippen LogP contribution in [-0.4, -0.2) is 11.8 Å². The minimum absolute atomic E-state index is 0.00230. The Bertz CT molecular complexity index is 506. The number of nitriles is 1. The highest BCUT2D eigenvalue weighted by atomic mass is 16.2. The zero-order chi connectivity index (χ0) is 14.8. The molecule has 0 unspecified atom stereocenters. The second-order valence-corrected chi connectivity index (χ2v) is 4.46. The fraction of sp³-hybridized carbons (Fsp3) is 0.400. The van der Waals surface area contributed by atoms with Gasteiger partial charge in [0.15, 0.2) is 0 Å². The third-order valence-corrected chi connectivity index (χ3v) is 2.70. The summed E-state index contributed by atoms with van der Waals surface area (Å²) >= 11 is 0. The molecule has 0 bridgehead atoms. The molecule has 20 heavy (non-hydrogen) atoms. The summed E-state index contributed by atoms with van der Waals surface area (Å²) in [6.07, 6.45) is 2.22. The Balaban J connectivity index is 2.51. The van der Waals surface area contributed by atoms with E-state index in [0.717, 1.165) is 24.1 Å². The van der Waals surface area contributed by atoms with Gasteiger partial charge in [-0.05, 0) is 24.1 Å². The average molecular weight is 273 g/mol. The largest absolute Gasteiger partial charge is 0.351 e. The normalized spacial score (nSPS) is 9.60. The number of rotatable bonds is 7. The molecule has 106 valence electrons. The first-order valence-electron chi connectivity index (χ1n) is 6.68. The van der Waals surface area contributed by atoms with Crippen LogP contribution >= 0.6 is 0 Å². The van der Waals surface area contributed by atoms with Gasteiger partial charge < -0.3 is 10.6 Å². The first-order chi connectivity index (χ1) is 9.65. The molecule has 0 saturated carbocycles. The predicted molar refractivity (Wildman–Crippen MR) is 76.7 cm³/mol. The van der Waals surface area contributed by atoms with Gasteiger partial charge in [0.05, 0.1) is 6.07 Å². The van der Waals surface area contributed by atoms with Crippen LogP contribution in [-0.2, 0) is 16.1 Å². The van der Waals surface area contributed by atoms with Crippen molar-refractivity contribution in [2.24, 2.45) is 0 Å². The van der Waals surface area contributed by atoms with Crippen LogP contribution in [0, 0.1) is 11.3 Å². The van der Waals surface area contributed by atoms with E-state index < -0.39 is 0 Å². The van der Waals surface area contributed by atoms with E-state index in [1.54, 1.807) is 6.07 Å². The van der Waals surface area contributed by atoms with Gasteiger partial charge in [0.1, 0.15) is 6.42 Å². The van der Waals surface area contributed by atoms with Crippen LogP contribution in [0.4, 0.5) is 5.69 Å². The standard InChI is InChI=1S/C15H19N3O2/c1-2-3-7-15(20)18-13-6-4-5-12(10-13)11-17-14(19)8-9-16/h4-6,10H,2-3,7-8,11H2,1H3,(H,17,19)(H,18,20). The average Bonchev–Trinajstić information content (AvgIpc) is 2.44. The molecule has 2 amide bonds. The molecular weight excluding hydrogens is 254 g/mol. The summed E-state index contributed by atoms with van der Waals surface area (Å²) in [5, 5.41) is 13.9. The summed E-state index contributed by atoms with van der Waals surface area (Å²) in [5.41, 5.74) is 1.60. The number of carbonyl (C=O) groups excluding carboxylic acids is 2. The second-order valence-electron chi connectivity index (χ2n) is 4.46. The molecule has 0 saturated heterocycles. The Hall–Kier alpha value is -2.35. The van der Waals surface area contributed by atoms with Gasteiger partial charge in [-0.15, -0.1) is 0 Å². The zero-order valence-electron chi connectivity index (χ0n) is 11.6. The van der Waals surface area contributed by atoms with Gasteiger partial charge >= 0.3 is 0 Å². The maximum Gasteiger partial charge on any atom is 0.234 e. The van der Waals surface area contributed by atoms with Crippen LogP contribution in [0.2, 0.25) is 0 Å². The number of hydrogen-bond acceptors (Lipinski definition) is 3. The number of carbonyl (C=O) groups is 2. The molecule has 1 aromatic carbocycles. The number of benzene rings is 1. The van der Waals surface area contributed by atoms with Gasteiger partial charge in [0.25, 0.3) is 0 Å². The fourth-order valence-electron chi connectivity index (χ4n) is 1.65. The van der Waals surface area contributed by atoms with Crippen LogP contribution in [0.3, 0.4) is 0 Å². The summed E-state index contributed by atoms with van der Waals surface area (Å²) in [6, 6.07) is 9.09. The Morgan fingerprint density at radius 3 is 2.80 bits per heavy atom. The molecule has 0 aliphatic heterocycles. The molecule has 1 aromatic rings. The Morgan fingerprint density at radius 2 is 2.10 bits per heavy atom. The van der Waals surface area contributed by atoms with E-state index in [2.05, 4.69) is 10.6 Å². The molecule has 1 rings (SSSR count). The summed E-state index contributed by atoms with van der Waals surface area (Å²) in [6.45, 7) is 2.39. The smallest absolute Gasteiger partial charge is 0.234 e. The Morgan fingerprint density at radius 1 is 1.30 bits per heavy atom. The van der Waals surface area contributed by atoms with E-state index in [9.17, 15) is 9.59 Å². The van der Waals surface area contributed by atoms with Crippen LogP contribution in [0.5, 0.6) is 0 Å². The maximum absolute atomic E-state index is 11.6. The van der Waals surface area contributed by atoms with Crippen molar-refractivity contribution in [1.82, 2.24) is 5.32 Å². The van der Waals surface area contributed by atoms with E-state index in [0.29, 0.717) is 13.0 Å². The number of nitrogens with one attached hydrogen (secondary N) is 2. The lowest BCUT2D eigenvalue weighted by Gasteiger charge is -2.08. The van der Waals surface area contributed by atoms with Crippen LogP contribution < -0.4 is 10.6 Å². The van der Waals surface area contributed by atoms with Gasteiger partial charge in [-0.1, -0.05) is 25.5 Å². The van der Waals surface area contributed by atoms with Crippen molar-refractivity contribution in [1.29, 1.82) is 5.26 Å². The third-order valence-electron chi connectivity index (χ3n) is 2.70. The van der Waals surface area contributed by atoms with Crippen molar-refractivity contribution in [2.75, 3.05) is 5.32 Å². The minimum Gasteiger partial charge on any atom is -0.351 e. The number of amides is 2. The lowest BCUT2D eigenvalue weighted by atomic mass is 10.2. The van der Waals surface area contributed by atoms with Gasteiger partial charge in [0, 0.05) is 18.7 Å². The van der Waals surface area contributed by atoms with Gasteiger partial charge in [0.2, 0.25) is 11.8 Å². The first-order valence-corrected chi connectivity index (χ1v) is 6.68. The SMILES string of the molecule is CCCCC(=O)Nc1cccc(CNC(=O)CC#N)c1. The van der Waals surface area contributed by atoms with Crippen molar-refractivity contribution in [3.63, 3.8) is 0 Å². The predicted octanol–water partition coefficient (Wildman–Crippen LogP) is 2.35. The van der Waals surface area contributed by atoms with Gasteiger partial charge in [-0.25, -0.2) is 0 Å².